The lowest BCUT2D eigenvalue weighted by Gasteiger charge is -2.47. The average Bonchev–Trinajstić information content (AvgIpc) is 2.61. The second-order valence-corrected chi connectivity index (χ2v) is 7.71. The van der Waals surface area contributed by atoms with Gasteiger partial charge in [0.15, 0.2) is 5.96 Å². The zero-order valence-electron chi connectivity index (χ0n) is 16.1. The first-order valence-corrected chi connectivity index (χ1v) is 9.76. The number of rotatable bonds is 5. The highest BCUT2D eigenvalue weighted by Gasteiger charge is 2.36. The summed E-state index contributed by atoms with van der Waals surface area (Å²) in [6.45, 7) is -2.58. The molecule has 2 aliphatic rings. The van der Waals surface area contributed by atoms with Gasteiger partial charge in [-0.15, -0.1) is 24.0 Å². The summed E-state index contributed by atoms with van der Waals surface area (Å²) in [5.41, 5.74) is 0.561. The van der Waals surface area contributed by atoms with E-state index < -0.39 is 6.61 Å². The number of nitrogens with one attached hydrogen (secondary N) is 2. The molecule has 0 aliphatic carbocycles. The van der Waals surface area contributed by atoms with Gasteiger partial charge in [-0.05, 0) is 50.9 Å². The third-order valence-corrected chi connectivity index (χ3v) is 5.82. The predicted molar refractivity (Wildman–Crippen MR) is 119 cm³/mol. The fourth-order valence-electron chi connectivity index (χ4n) is 4.20. The van der Waals surface area contributed by atoms with Gasteiger partial charge in [-0.2, -0.15) is 8.78 Å². The van der Waals surface area contributed by atoms with Crippen LogP contribution in [0.15, 0.2) is 23.2 Å². The van der Waals surface area contributed by atoms with Gasteiger partial charge in [0.05, 0.1) is 0 Å². The number of guanidine groups is 1. The van der Waals surface area contributed by atoms with Crippen LogP contribution in [0.4, 0.5) is 8.78 Å². The van der Waals surface area contributed by atoms with E-state index >= 15 is 0 Å². The number of aliphatic imine (C=N–C) groups is 1. The number of hydrogen-bond acceptors (Lipinski definition) is 3. The number of ether oxygens (including phenoxy) is 1. The Morgan fingerprint density at radius 2 is 2.00 bits per heavy atom. The Balaban J connectivity index is 0.00000280. The number of halogens is 4. The van der Waals surface area contributed by atoms with E-state index in [1.165, 1.54) is 31.4 Å². The van der Waals surface area contributed by atoms with Crippen LogP contribution >= 0.6 is 35.6 Å². The van der Waals surface area contributed by atoms with Gasteiger partial charge in [0, 0.05) is 42.3 Å². The highest BCUT2D eigenvalue weighted by molar-refractivity contribution is 14.0. The maximum absolute atomic E-state index is 12.6. The number of alkyl halides is 2. The lowest BCUT2D eigenvalue weighted by atomic mass is 9.82. The fraction of sp³-hybridized carbons (Fsp3) is 0.632. The molecule has 0 aromatic heterocycles. The van der Waals surface area contributed by atoms with Crippen molar-refractivity contribution >= 4 is 41.5 Å². The molecule has 2 saturated heterocycles. The molecule has 0 radical (unpaired) electrons. The Morgan fingerprint density at radius 1 is 1.32 bits per heavy atom. The van der Waals surface area contributed by atoms with Crippen molar-refractivity contribution in [3.63, 3.8) is 0 Å². The topological polar surface area (TPSA) is 48.9 Å². The molecule has 28 heavy (non-hydrogen) atoms. The summed E-state index contributed by atoms with van der Waals surface area (Å²) in [5.74, 6) is 0.775. The molecule has 2 fully saturated rings. The van der Waals surface area contributed by atoms with Gasteiger partial charge in [0.25, 0.3) is 0 Å². The molecule has 3 rings (SSSR count). The van der Waals surface area contributed by atoms with E-state index in [2.05, 4.69) is 32.3 Å². The molecule has 158 valence electrons. The average molecular weight is 529 g/mol. The van der Waals surface area contributed by atoms with Crippen LogP contribution in [0.5, 0.6) is 5.75 Å². The zero-order valence-corrected chi connectivity index (χ0v) is 19.2. The summed E-state index contributed by atoms with van der Waals surface area (Å²) in [5, 5.41) is 7.15. The van der Waals surface area contributed by atoms with Gasteiger partial charge in [0.1, 0.15) is 5.75 Å². The second kappa shape index (κ2) is 10.8. The van der Waals surface area contributed by atoms with Crippen LogP contribution in [-0.2, 0) is 6.54 Å². The van der Waals surface area contributed by atoms with Gasteiger partial charge in [-0.3, -0.25) is 4.99 Å². The Morgan fingerprint density at radius 3 is 2.61 bits per heavy atom. The van der Waals surface area contributed by atoms with Gasteiger partial charge < -0.3 is 20.3 Å². The Labute approximate surface area is 187 Å². The standard InChI is InChI=1S/C19H27ClF2N4O.HI/c1-23-19(25-14-9-15-4-3-5-16(10-14)26(15)2)24-11-12-8-13(20)6-7-17(12)27-18(21)22;/h6-8,14-16,18H,3-5,9-11H2,1-2H3,(H2,23,24,25);1H. The highest BCUT2D eigenvalue weighted by atomic mass is 127. The van der Waals surface area contributed by atoms with E-state index in [1.54, 1.807) is 13.1 Å². The number of hydrogen-bond donors (Lipinski definition) is 2. The second-order valence-electron chi connectivity index (χ2n) is 7.27. The fourth-order valence-corrected chi connectivity index (χ4v) is 4.39. The lowest BCUT2D eigenvalue weighted by molar-refractivity contribution is -0.0504. The molecule has 1 aromatic carbocycles. The van der Waals surface area contributed by atoms with Crippen LogP contribution in [0.25, 0.3) is 0 Å². The van der Waals surface area contributed by atoms with Crippen LogP contribution in [0, 0.1) is 0 Å². The monoisotopic (exact) mass is 528 g/mol. The summed E-state index contributed by atoms with van der Waals surface area (Å²) in [6.07, 6.45) is 5.97. The highest BCUT2D eigenvalue weighted by Crippen LogP contribution is 2.32. The molecule has 0 spiro atoms. The first kappa shape index (κ1) is 23.4. The third kappa shape index (κ3) is 6.06. The molecule has 2 aliphatic heterocycles. The van der Waals surface area contributed by atoms with Crippen LogP contribution in [0.2, 0.25) is 5.02 Å². The van der Waals surface area contributed by atoms with E-state index in [0.29, 0.717) is 41.2 Å². The van der Waals surface area contributed by atoms with Crippen molar-refractivity contribution < 1.29 is 13.5 Å². The normalized spacial score (nSPS) is 25.2. The van der Waals surface area contributed by atoms with Crippen LogP contribution in [-0.4, -0.2) is 49.7 Å². The van der Waals surface area contributed by atoms with E-state index in [0.717, 1.165) is 12.8 Å². The Kier molecular flexibility index (Phi) is 9.01. The molecule has 2 bridgehead atoms. The quantitative estimate of drug-likeness (QED) is 0.341. The molecule has 2 atom stereocenters. The molecular weight excluding hydrogens is 501 g/mol. The minimum absolute atomic E-state index is 0. The van der Waals surface area contributed by atoms with E-state index in [9.17, 15) is 8.78 Å². The van der Waals surface area contributed by atoms with Crippen molar-refractivity contribution in [2.75, 3.05) is 14.1 Å². The predicted octanol–water partition coefficient (Wildman–Crippen LogP) is 4.24. The lowest BCUT2D eigenvalue weighted by Crippen LogP contribution is -2.56. The summed E-state index contributed by atoms with van der Waals surface area (Å²) < 4.78 is 29.8. The van der Waals surface area contributed by atoms with E-state index in [-0.39, 0.29) is 29.7 Å². The largest absolute Gasteiger partial charge is 0.434 e. The molecular formula is C19H28ClF2IN4O. The first-order valence-electron chi connectivity index (χ1n) is 9.38. The number of nitrogens with zero attached hydrogens (tertiary/aromatic N) is 2. The van der Waals surface area contributed by atoms with Crippen molar-refractivity contribution in [1.82, 2.24) is 15.5 Å². The SMILES string of the molecule is CN=C(NCc1cc(Cl)ccc1OC(F)F)NC1CC2CCCC(C1)N2C.I. The maximum atomic E-state index is 12.6. The van der Waals surface area contributed by atoms with Gasteiger partial charge in [-0.25, -0.2) is 0 Å². The Hall–Kier alpha value is -0.870. The third-order valence-electron chi connectivity index (χ3n) is 5.59. The summed E-state index contributed by atoms with van der Waals surface area (Å²) in [4.78, 5) is 6.79. The Bertz CT molecular complexity index is 665. The van der Waals surface area contributed by atoms with Gasteiger partial charge in [0.2, 0.25) is 0 Å². The molecule has 0 amide bonds. The minimum Gasteiger partial charge on any atom is -0.434 e. The van der Waals surface area contributed by atoms with Gasteiger partial charge >= 0.3 is 6.61 Å². The molecule has 2 heterocycles. The number of piperidine rings is 2. The van der Waals surface area contributed by atoms with Gasteiger partial charge in [-0.1, -0.05) is 18.0 Å². The molecule has 5 nitrogen and oxygen atoms in total. The smallest absolute Gasteiger partial charge is 0.387 e. The molecule has 9 heteroatoms. The minimum atomic E-state index is -2.87. The van der Waals surface area contributed by atoms with Crippen LogP contribution in [0.1, 0.15) is 37.7 Å². The van der Waals surface area contributed by atoms with E-state index in [1.807, 2.05) is 0 Å². The molecule has 1 aromatic rings. The summed E-state index contributed by atoms with van der Waals surface area (Å²) in [7, 11) is 3.93. The summed E-state index contributed by atoms with van der Waals surface area (Å²) >= 11 is 6.00. The number of benzene rings is 1. The van der Waals surface area contributed by atoms with Crippen molar-refractivity contribution in [2.24, 2.45) is 4.99 Å². The first-order chi connectivity index (χ1) is 13.0. The molecule has 2 unspecified atom stereocenters. The van der Waals surface area contributed by atoms with Crippen LogP contribution in [0.3, 0.4) is 0 Å². The van der Waals surface area contributed by atoms with Crippen molar-refractivity contribution in [2.45, 2.75) is 63.4 Å². The zero-order chi connectivity index (χ0) is 19.4. The molecule has 2 N–H and O–H groups in total. The van der Waals surface area contributed by atoms with Crippen molar-refractivity contribution in [3.8, 4) is 5.75 Å². The van der Waals surface area contributed by atoms with Crippen LogP contribution < -0.4 is 15.4 Å². The summed E-state index contributed by atoms with van der Waals surface area (Å²) in [6, 6.07) is 6.21. The van der Waals surface area contributed by atoms with E-state index in [4.69, 9.17) is 11.6 Å². The maximum Gasteiger partial charge on any atom is 0.387 e. The van der Waals surface area contributed by atoms with Crippen molar-refractivity contribution in [3.05, 3.63) is 28.8 Å². The number of fused-ring (bicyclic) bond motifs is 2. The molecule has 0 saturated carbocycles. The van der Waals surface area contributed by atoms with Crippen molar-refractivity contribution in [1.29, 1.82) is 0 Å².